The van der Waals surface area contributed by atoms with Crippen LogP contribution < -0.4 is 116 Å². The predicted molar refractivity (Wildman–Crippen MR) is 57.8 cm³/mol. The summed E-state index contributed by atoms with van der Waals surface area (Å²) in [7, 11) is 0. The van der Waals surface area contributed by atoms with E-state index in [1.54, 1.807) is 16.8 Å². The Labute approximate surface area is 196 Å². The number of hydrogen-bond donors (Lipinski definition) is 0. The van der Waals surface area contributed by atoms with E-state index in [-0.39, 0.29) is 124 Å². The van der Waals surface area contributed by atoms with Crippen molar-refractivity contribution >= 4 is 5.65 Å². The van der Waals surface area contributed by atoms with Gasteiger partial charge in [-0.25, -0.2) is 11.2 Å². The molecule has 0 bridgehead atoms. The van der Waals surface area contributed by atoms with Gasteiger partial charge < -0.3 is 16.9 Å². The Kier molecular flexibility index (Phi) is 19.9. The fourth-order valence-electron chi connectivity index (χ4n) is 1.01. The molecular weight excluding hydrogens is 345 g/mol. The molecule has 0 N–H and O–H groups in total. The first kappa shape index (κ1) is 23.3. The summed E-state index contributed by atoms with van der Waals surface area (Å²) >= 11 is 0. The Morgan fingerprint density at radius 2 is 1.94 bits per heavy atom. The Morgan fingerprint density at radius 3 is 2.50 bits per heavy atom. The Morgan fingerprint density at radius 1 is 1.31 bits per heavy atom. The van der Waals surface area contributed by atoms with Crippen LogP contribution in [0.15, 0.2) is 12.3 Å². The molecule has 2 heterocycles. The largest absolute Gasteiger partial charge is 1.00 e. The van der Waals surface area contributed by atoms with Gasteiger partial charge in [-0.1, -0.05) is 20.8 Å². The van der Waals surface area contributed by atoms with Gasteiger partial charge in [0.05, 0.1) is 0 Å². The average molecular weight is 361 g/mol. The number of aryl methyl sites for hydroxylation is 1. The molecule has 2 aromatic rings. The smallest absolute Gasteiger partial charge is 0.435 e. The van der Waals surface area contributed by atoms with Gasteiger partial charge >= 0.3 is 116 Å². The van der Waals surface area contributed by atoms with Crippen molar-refractivity contribution in [2.45, 2.75) is 27.2 Å². The van der Waals surface area contributed by atoms with Crippen molar-refractivity contribution in [1.82, 2.24) is 14.6 Å². The van der Waals surface area contributed by atoms with Gasteiger partial charge in [0.25, 0.3) is 0 Å². The van der Waals surface area contributed by atoms with Crippen molar-refractivity contribution in [3.05, 3.63) is 37.6 Å². The summed E-state index contributed by atoms with van der Waals surface area (Å²) in [5.41, 5.74) is 1.82. The van der Waals surface area contributed by atoms with Crippen LogP contribution in [0.3, 0.4) is 0 Å². The molecule has 0 aromatic carbocycles. The molecule has 3 nitrogen and oxygen atoms in total. The van der Waals surface area contributed by atoms with E-state index in [1.165, 1.54) is 0 Å². The van der Waals surface area contributed by atoms with Gasteiger partial charge in [0.2, 0.25) is 0 Å². The third kappa shape index (κ3) is 6.41. The quantitative estimate of drug-likeness (QED) is 0.491. The molecule has 0 spiro atoms. The monoisotopic (exact) mass is 360 g/mol. The van der Waals surface area contributed by atoms with Crippen LogP contribution in [0.2, 0.25) is 0 Å². The standard InChI is InChI=1S/C8H7N3.C2H6.CH3.2Rb/c1-2-7-6-9-8-4-3-5-10-11(7)8;1-2;;;/h4-5H,2H2,1H3;1-2H3;1H3;;/q-2;;-1;2*+1. The predicted octanol–water partition coefficient (Wildman–Crippen LogP) is -3.62. The summed E-state index contributed by atoms with van der Waals surface area (Å²) in [5, 5.41) is 4.08. The molecular formula is C11H16N3Rb2-. The molecule has 78 valence electrons. The first-order chi connectivity index (χ1) is 6.42. The minimum Gasteiger partial charge on any atom is -0.435 e. The van der Waals surface area contributed by atoms with Crippen molar-refractivity contribution in [1.29, 1.82) is 0 Å². The van der Waals surface area contributed by atoms with Crippen LogP contribution in [0.5, 0.6) is 0 Å². The summed E-state index contributed by atoms with van der Waals surface area (Å²) in [6.07, 6.45) is 5.42. The van der Waals surface area contributed by atoms with E-state index in [1.807, 2.05) is 13.8 Å². The topological polar surface area (TPSA) is 30.2 Å². The first-order valence-electron chi connectivity index (χ1n) is 4.53. The molecule has 0 saturated heterocycles. The maximum Gasteiger partial charge on any atom is 1.00 e. The van der Waals surface area contributed by atoms with Gasteiger partial charge in [-0.3, -0.25) is 0 Å². The van der Waals surface area contributed by atoms with Gasteiger partial charge in [-0.05, 0) is 24.0 Å². The van der Waals surface area contributed by atoms with E-state index < -0.39 is 0 Å². The van der Waals surface area contributed by atoms with Gasteiger partial charge in [-0.15, -0.1) is 6.20 Å². The van der Waals surface area contributed by atoms with Crippen LogP contribution in [0.4, 0.5) is 0 Å². The van der Waals surface area contributed by atoms with Crippen LogP contribution in [0.1, 0.15) is 26.5 Å². The molecule has 0 aliphatic rings. The number of imidazole rings is 1. The van der Waals surface area contributed by atoms with Gasteiger partial charge in [0, 0.05) is 0 Å². The fourth-order valence-corrected chi connectivity index (χ4v) is 1.01. The van der Waals surface area contributed by atoms with Crippen molar-refractivity contribution < 1.29 is 116 Å². The SMILES string of the molecule is CC.CCc1[c-]nc2c[c-]cnn12.[CH3-].[Rb+].[Rb+]. The van der Waals surface area contributed by atoms with Crippen molar-refractivity contribution in [3.63, 3.8) is 0 Å². The van der Waals surface area contributed by atoms with E-state index in [4.69, 9.17) is 0 Å². The molecule has 0 aliphatic carbocycles. The van der Waals surface area contributed by atoms with Crippen molar-refractivity contribution in [2.75, 3.05) is 0 Å². The van der Waals surface area contributed by atoms with Gasteiger partial charge in [0.1, 0.15) is 0 Å². The number of fused-ring (bicyclic) bond motifs is 1. The van der Waals surface area contributed by atoms with Crippen LogP contribution in [0.25, 0.3) is 5.65 Å². The Hall–Kier alpha value is 2.23. The van der Waals surface area contributed by atoms with Crippen LogP contribution in [-0.4, -0.2) is 14.6 Å². The minimum absolute atomic E-state index is 0. The normalized spacial score (nSPS) is 7.69. The molecule has 0 fully saturated rings. The molecule has 0 atom stereocenters. The van der Waals surface area contributed by atoms with E-state index in [9.17, 15) is 0 Å². The second-order valence-electron chi connectivity index (χ2n) is 2.25. The number of rotatable bonds is 1. The zero-order valence-corrected chi connectivity index (χ0v) is 21.0. The third-order valence-electron chi connectivity index (χ3n) is 1.57. The van der Waals surface area contributed by atoms with E-state index in [2.05, 4.69) is 29.3 Å². The molecule has 2 aromatic heterocycles. The van der Waals surface area contributed by atoms with Crippen LogP contribution in [-0.2, 0) is 6.42 Å². The molecule has 2 rings (SSSR count). The van der Waals surface area contributed by atoms with Gasteiger partial charge in [-0.2, -0.15) is 6.07 Å². The number of nitrogens with zero attached hydrogens (tertiary/aromatic N) is 3. The van der Waals surface area contributed by atoms with Gasteiger partial charge in [0.15, 0.2) is 0 Å². The Balaban J connectivity index is -0.000000321. The van der Waals surface area contributed by atoms with Crippen molar-refractivity contribution in [2.24, 2.45) is 0 Å². The summed E-state index contributed by atoms with van der Waals surface area (Å²) in [5.74, 6) is 0. The van der Waals surface area contributed by atoms with E-state index in [0.29, 0.717) is 0 Å². The van der Waals surface area contributed by atoms with E-state index in [0.717, 1.165) is 17.8 Å². The molecule has 0 unspecified atom stereocenters. The van der Waals surface area contributed by atoms with Crippen molar-refractivity contribution in [3.8, 4) is 0 Å². The second kappa shape index (κ2) is 13.7. The summed E-state index contributed by atoms with van der Waals surface area (Å²) in [6.45, 7) is 6.05. The average Bonchev–Trinajstić information content (AvgIpc) is 2.64. The Bertz CT molecular complexity index is 374. The van der Waals surface area contributed by atoms with Crippen LogP contribution in [0, 0.1) is 19.7 Å². The fraction of sp³-hybridized carbons (Fsp3) is 0.364. The number of aromatic nitrogens is 3. The summed E-state index contributed by atoms with van der Waals surface area (Å²) in [4.78, 5) is 4.03. The molecule has 5 heteroatoms. The zero-order chi connectivity index (χ0) is 9.68. The van der Waals surface area contributed by atoms with Crippen LogP contribution >= 0.6 is 0 Å². The maximum absolute atomic E-state index is 4.08. The number of hydrogen-bond acceptors (Lipinski definition) is 2. The first-order valence-corrected chi connectivity index (χ1v) is 4.53. The molecule has 0 radical (unpaired) electrons. The molecule has 0 aliphatic heterocycles. The zero-order valence-electron chi connectivity index (χ0n) is 11.2. The second-order valence-corrected chi connectivity index (χ2v) is 2.25. The third-order valence-corrected chi connectivity index (χ3v) is 1.57. The summed E-state index contributed by atoms with van der Waals surface area (Å²) in [6, 6.07) is 4.65. The maximum atomic E-state index is 4.08. The molecule has 0 amide bonds. The minimum atomic E-state index is 0. The molecule has 16 heavy (non-hydrogen) atoms. The summed E-state index contributed by atoms with van der Waals surface area (Å²) < 4.78 is 1.77. The van der Waals surface area contributed by atoms with E-state index >= 15 is 0 Å². The molecule has 0 saturated carbocycles.